The number of nitrogens with one attached hydrogen (secondary N) is 1. The highest BCUT2D eigenvalue weighted by atomic mass is 16.6. The van der Waals surface area contributed by atoms with E-state index >= 15 is 0 Å². The predicted molar refractivity (Wildman–Crippen MR) is 114 cm³/mol. The summed E-state index contributed by atoms with van der Waals surface area (Å²) in [4.78, 5) is 51.9. The highest BCUT2D eigenvalue weighted by Crippen LogP contribution is 2.45. The lowest BCUT2D eigenvalue weighted by molar-refractivity contribution is -0.144. The van der Waals surface area contributed by atoms with Gasteiger partial charge in [-0.15, -0.1) is 0 Å². The SMILES string of the molecule is COC(=O)c1ccccc1NC(=O)[C@@H]1CCC(=O)N1[C@@H]1OC(=O)c2c1ccc(OC)c2OC. The van der Waals surface area contributed by atoms with Gasteiger partial charge in [-0.05, 0) is 30.7 Å². The molecule has 0 unspecified atom stereocenters. The molecular weight excluding hydrogens is 432 g/mol. The molecule has 0 aromatic heterocycles. The van der Waals surface area contributed by atoms with Crippen LogP contribution >= 0.6 is 0 Å². The molecule has 2 heterocycles. The van der Waals surface area contributed by atoms with Crippen molar-refractivity contribution in [3.05, 3.63) is 53.1 Å². The van der Waals surface area contributed by atoms with Crippen molar-refractivity contribution >= 4 is 29.4 Å². The van der Waals surface area contributed by atoms with Gasteiger partial charge in [-0.3, -0.25) is 14.5 Å². The summed E-state index contributed by atoms with van der Waals surface area (Å²) in [6.07, 6.45) is -0.760. The second kappa shape index (κ2) is 8.81. The number of carbonyl (C=O) groups is 4. The maximum Gasteiger partial charge on any atom is 0.344 e. The molecular formula is C23H22N2O8. The smallest absolute Gasteiger partial charge is 0.344 e. The lowest BCUT2D eigenvalue weighted by Gasteiger charge is -2.29. The largest absolute Gasteiger partial charge is 0.493 e. The van der Waals surface area contributed by atoms with Gasteiger partial charge >= 0.3 is 11.9 Å². The topological polar surface area (TPSA) is 120 Å². The number of anilines is 1. The first-order valence-corrected chi connectivity index (χ1v) is 10.2. The highest BCUT2D eigenvalue weighted by Gasteiger charge is 2.47. The van der Waals surface area contributed by atoms with E-state index in [0.29, 0.717) is 11.3 Å². The first-order valence-electron chi connectivity index (χ1n) is 10.2. The Bertz CT molecular complexity index is 1150. The molecule has 0 spiro atoms. The number of likely N-dealkylation sites (tertiary alicyclic amines) is 1. The molecule has 172 valence electrons. The molecule has 2 aromatic carbocycles. The molecule has 0 bridgehead atoms. The molecule has 1 saturated heterocycles. The summed E-state index contributed by atoms with van der Waals surface area (Å²) in [5.74, 6) is -1.60. The minimum atomic E-state index is -1.09. The van der Waals surface area contributed by atoms with Gasteiger partial charge in [0.05, 0.1) is 32.6 Å². The Labute approximate surface area is 189 Å². The van der Waals surface area contributed by atoms with Gasteiger partial charge in [0.25, 0.3) is 0 Å². The number of hydrogen-bond donors (Lipinski definition) is 1. The zero-order valence-corrected chi connectivity index (χ0v) is 18.2. The monoisotopic (exact) mass is 454 g/mol. The van der Waals surface area contributed by atoms with Crippen LogP contribution < -0.4 is 14.8 Å². The molecule has 0 aliphatic carbocycles. The fourth-order valence-electron chi connectivity index (χ4n) is 4.14. The van der Waals surface area contributed by atoms with Crippen molar-refractivity contribution in [2.45, 2.75) is 25.1 Å². The van der Waals surface area contributed by atoms with Crippen LogP contribution in [0.2, 0.25) is 0 Å². The van der Waals surface area contributed by atoms with E-state index in [1.54, 1.807) is 30.3 Å². The number of benzene rings is 2. The Morgan fingerprint density at radius 2 is 1.82 bits per heavy atom. The summed E-state index contributed by atoms with van der Waals surface area (Å²) in [6.45, 7) is 0. The maximum absolute atomic E-state index is 13.2. The standard InChI is InChI=1S/C23H22N2O8/c1-30-16-10-8-13-18(19(16)31-2)23(29)33-21(13)25-15(9-11-17(25)26)20(27)24-14-7-5-4-6-12(14)22(28)32-3/h4-8,10,15,21H,9,11H2,1-3H3,(H,24,27)/t15-,21+/m0/s1. The van der Waals surface area contributed by atoms with Crippen molar-refractivity contribution in [1.29, 1.82) is 0 Å². The van der Waals surface area contributed by atoms with E-state index in [1.165, 1.54) is 32.3 Å². The molecule has 2 atom stereocenters. The van der Waals surface area contributed by atoms with Gasteiger partial charge < -0.3 is 24.3 Å². The van der Waals surface area contributed by atoms with Crippen LogP contribution in [-0.4, -0.2) is 56.0 Å². The molecule has 2 aliphatic heterocycles. The van der Waals surface area contributed by atoms with E-state index in [4.69, 9.17) is 18.9 Å². The fourth-order valence-corrected chi connectivity index (χ4v) is 4.14. The van der Waals surface area contributed by atoms with Crippen LogP contribution in [-0.2, 0) is 19.1 Å². The molecule has 10 nitrogen and oxygen atoms in total. The Morgan fingerprint density at radius 3 is 2.52 bits per heavy atom. The first kappa shape index (κ1) is 22.1. The number of esters is 2. The lowest BCUT2D eigenvalue weighted by atomic mass is 10.0. The van der Waals surface area contributed by atoms with E-state index in [0.717, 1.165) is 0 Å². The molecule has 4 rings (SSSR count). The van der Waals surface area contributed by atoms with Gasteiger partial charge in [-0.1, -0.05) is 12.1 Å². The molecule has 0 saturated carbocycles. The molecule has 2 aliphatic rings. The van der Waals surface area contributed by atoms with Crippen molar-refractivity contribution in [1.82, 2.24) is 4.90 Å². The number of fused-ring (bicyclic) bond motifs is 1. The molecule has 10 heteroatoms. The Kier molecular flexibility index (Phi) is 5.91. The summed E-state index contributed by atoms with van der Waals surface area (Å²) < 4.78 is 20.9. The molecule has 1 fully saturated rings. The number of nitrogens with zero attached hydrogens (tertiary/aromatic N) is 1. The number of para-hydroxylation sites is 1. The zero-order valence-electron chi connectivity index (χ0n) is 18.2. The van der Waals surface area contributed by atoms with Crippen molar-refractivity contribution in [2.24, 2.45) is 0 Å². The number of cyclic esters (lactones) is 1. The highest BCUT2D eigenvalue weighted by molar-refractivity contribution is 6.05. The summed E-state index contributed by atoms with van der Waals surface area (Å²) in [5.41, 5.74) is 0.986. The molecule has 2 aromatic rings. The number of carbonyl (C=O) groups excluding carboxylic acids is 4. The number of methoxy groups -OCH3 is 3. The zero-order chi connectivity index (χ0) is 23.7. The van der Waals surface area contributed by atoms with Crippen LogP contribution in [0.4, 0.5) is 5.69 Å². The second-order valence-electron chi connectivity index (χ2n) is 7.40. The van der Waals surface area contributed by atoms with Gasteiger partial charge in [0.2, 0.25) is 18.0 Å². The lowest BCUT2D eigenvalue weighted by Crippen LogP contribution is -2.44. The van der Waals surface area contributed by atoms with Gasteiger partial charge in [0, 0.05) is 12.0 Å². The van der Waals surface area contributed by atoms with Crippen LogP contribution in [0.5, 0.6) is 11.5 Å². The molecule has 0 radical (unpaired) electrons. The molecule has 33 heavy (non-hydrogen) atoms. The van der Waals surface area contributed by atoms with E-state index in [9.17, 15) is 19.2 Å². The van der Waals surface area contributed by atoms with Gasteiger partial charge in [-0.25, -0.2) is 9.59 Å². The van der Waals surface area contributed by atoms with Crippen LogP contribution in [0.25, 0.3) is 0 Å². The van der Waals surface area contributed by atoms with Crippen molar-refractivity contribution < 1.29 is 38.1 Å². The second-order valence-corrected chi connectivity index (χ2v) is 7.40. The minimum absolute atomic E-state index is 0.105. The third-order valence-electron chi connectivity index (χ3n) is 5.67. The minimum Gasteiger partial charge on any atom is -0.493 e. The van der Waals surface area contributed by atoms with Crippen LogP contribution in [0, 0.1) is 0 Å². The van der Waals surface area contributed by atoms with Gasteiger partial charge in [0.15, 0.2) is 11.5 Å². The number of amides is 2. The summed E-state index contributed by atoms with van der Waals surface area (Å²) >= 11 is 0. The van der Waals surface area contributed by atoms with E-state index < -0.39 is 30.1 Å². The van der Waals surface area contributed by atoms with Gasteiger partial charge in [-0.2, -0.15) is 0 Å². The van der Waals surface area contributed by atoms with Crippen molar-refractivity contribution in [2.75, 3.05) is 26.6 Å². The molecule has 2 amide bonds. The van der Waals surface area contributed by atoms with E-state index in [1.807, 2.05) is 0 Å². The Balaban J connectivity index is 1.65. The molecule has 1 N–H and O–H groups in total. The summed E-state index contributed by atoms with van der Waals surface area (Å²) in [6, 6.07) is 8.69. The van der Waals surface area contributed by atoms with Crippen LogP contribution in [0.1, 0.15) is 45.3 Å². The predicted octanol–water partition coefficient (Wildman–Crippen LogP) is 2.29. The normalized spacial score (nSPS) is 19.1. The fraction of sp³-hybridized carbons (Fsp3) is 0.304. The first-order chi connectivity index (χ1) is 15.9. The number of hydrogen-bond acceptors (Lipinski definition) is 8. The van der Waals surface area contributed by atoms with Crippen molar-refractivity contribution in [3.8, 4) is 11.5 Å². The Morgan fingerprint density at radius 1 is 1.06 bits per heavy atom. The average Bonchev–Trinajstić information content (AvgIpc) is 3.37. The summed E-state index contributed by atoms with van der Waals surface area (Å²) in [7, 11) is 4.08. The van der Waals surface area contributed by atoms with Crippen LogP contribution in [0.15, 0.2) is 36.4 Å². The van der Waals surface area contributed by atoms with Gasteiger partial charge in [0.1, 0.15) is 11.6 Å². The Hall–Kier alpha value is -4.08. The summed E-state index contributed by atoms with van der Waals surface area (Å²) in [5, 5.41) is 2.70. The van der Waals surface area contributed by atoms with E-state index in [2.05, 4.69) is 5.32 Å². The maximum atomic E-state index is 13.2. The number of rotatable bonds is 6. The number of ether oxygens (including phenoxy) is 4. The van der Waals surface area contributed by atoms with E-state index in [-0.39, 0.29) is 41.3 Å². The quantitative estimate of drug-likeness (QED) is 0.660. The average molecular weight is 454 g/mol. The van der Waals surface area contributed by atoms with Crippen LogP contribution in [0.3, 0.4) is 0 Å². The third kappa shape index (κ3) is 3.73. The van der Waals surface area contributed by atoms with Crippen molar-refractivity contribution in [3.63, 3.8) is 0 Å². The third-order valence-corrected chi connectivity index (χ3v) is 5.67.